The highest BCUT2D eigenvalue weighted by molar-refractivity contribution is 6.34. The summed E-state index contributed by atoms with van der Waals surface area (Å²) in [6.45, 7) is 6.30. The molecule has 0 spiro atoms. The third-order valence-corrected chi connectivity index (χ3v) is 10.7. The van der Waals surface area contributed by atoms with E-state index in [-0.39, 0.29) is 30.2 Å². The number of likely N-dealkylation sites (tertiary alicyclic amines) is 3. The van der Waals surface area contributed by atoms with Gasteiger partial charge in [-0.2, -0.15) is 0 Å². The van der Waals surface area contributed by atoms with E-state index in [1.165, 1.54) is 0 Å². The number of hydrogen-bond acceptors (Lipinski definition) is 7. The molecule has 4 aliphatic rings. The van der Waals surface area contributed by atoms with Crippen LogP contribution in [-0.2, 0) is 22.4 Å². The van der Waals surface area contributed by atoms with Gasteiger partial charge in [-0.15, -0.1) is 0 Å². The van der Waals surface area contributed by atoms with Crippen molar-refractivity contribution < 1.29 is 29.3 Å². The zero-order valence-corrected chi connectivity index (χ0v) is 27.7. The molecule has 3 saturated heterocycles. The zero-order valence-electron chi connectivity index (χ0n) is 27.7. The fraction of sp³-hybridized carbons (Fsp3) is 0.571. The Balaban J connectivity index is 1.06. The number of benzene rings is 2. The van der Waals surface area contributed by atoms with Gasteiger partial charge in [0, 0.05) is 70.0 Å². The Morgan fingerprint density at radius 3 is 2.32 bits per heavy atom. The van der Waals surface area contributed by atoms with Crippen LogP contribution < -0.4 is 10.8 Å². The maximum Gasteiger partial charge on any atom is 0.410 e. The summed E-state index contributed by atoms with van der Waals surface area (Å²) in [6, 6.07) is 13.4. The molecule has 4 aliphatic heterocycles. The molecule has 0 aliphatic carbocycles. The smallest absolute Gasteiger partial charge is 0.410 e. The summed E-state index contributed by atoms with van der Waals surface area (Å²) in [5.74, 6) is -0.0143. The van der Waals surface area contributed by atoms with Gasteiger partial charge in [0.15, 0.2) is 6.10 Å². The van der Waals surface area contributed by atoms with Gasteiger partial charge in [0.25, 0.3) is 5.91 Å². The Morgan fingerprint density at radius 2 is 1.62 bits per heavy atom. The van der Waals surface area contributed by atoms with Crippen molar-refractivity contribution in [3.05, 3.63) is 53.6 Å². The summed E-state index contributed by atoms with van der Waals surface area (Å²) < 4.78 is 6.01. The van der Waals surface area contributed by atoms with Crippen molar-refractivity contribution in [1.29, 1.82) is 0 Å². The van der Waals surface area contributed by atoms with Crippen LogP contribution in [0.4, 0.5) is 15.3 Å². The second-order valence-electron chi connectivity index (χ2n) is 14.0. The van der Waals surface area contributed by atoms with Crippen LogP contribution in [0.25, 0.3) is 0 Å². The number of nitrogens with zero attached hydrogens (tertiary/aromatic N) is 4. The average molecular weight is 646 g/mol. The lowest BCUT2D eigenvalue weighted by Crippen LogP contribution is -2.54. The number of phenolic OH excluding ortho intramolecular Hbond substituents is 1. The summed E-state index contributed by atoms with van der Waals surface area (Å²) in [4.78, 5) is 48.3. The van der Waals surface area contributed by atoms with Crippen molar-refractivity contribution in [2.75, 3.05) is 51.1 Å². The van der Waals surface area contributed by atoms with Gasteiger partial charge >= 0.3 is 12.1 Å². The molecular formula is C35H48BN5O6. The van der Waals surface area contributed by atoms with E-state index >= 15 is 0 Å². The lowest BCUT2D eigenvalue weighted by Gasteiger charge is -2.43. The van der Waals surface area contributed by atoms with Gasteiger partial charge in [-0.05, 0) is 80.6 Å². The third-order valence-electron chi connectivity index (χ3n) is 10.7. The van der Waals surface area contributed by atoms with E-state index in [4.69, 9.17) is 4.74 Å². The third kappa shape index (κ3) is 7.87. The molecule has 3 fully saturated rings. The molecule has 11 nitrogen and oxygen atoms in total. The molecule has 4 heterocycles. The number of phenols is 1. The number of piperidine rings is 3. The number of amides is 4. The van der Waals surface area contributed by atoms with E-state index in [0.29, 0.717) is 57.1 Å². The standard InChI is InChI=1S/C35H48BN5O6/c1-35(46)13-20-38(21-14-35)26-9-15-39(16-10-26)32(43)31(23-24-6-7-30(42)28(36)22-24)47-34(45)40-17-11-27(12-18-40)41-19-8-25-4-2-3-5-29(25)37-33(41)44/h2-7,22,26-27,31,42,46H,8-21,23,36H2,1H3,(H,37,44)/t31-/m1/s1. The summed E-state index contributed by atoms with van der Waals surface area (Å²) >= 11 is 0. The van der Waals surface area contributed by atoms with Crippen LogP contribution in [0.3, 0.4) is 0 Å². The fourth-order valence-electron chi connectivity index (χ4n) is 7.56. The van der Waals surface area contributed by atoms with Gasteiger partial charge in [-0.25, -0.2) is 9.59 Å². The number of fused-ring (bicyclic) bond motifs is 1. The number of ether oxygens (including phenoxy) is 1. The van der Waals surface area contributed by atoms with Crippen molar-refractivity contribution in [2.45, 2.75) is 82.1 Å². The quantitative estimate of drug-likeness (QED) is 0.411. The van der Waals surface area contributed by atoms with Gasteiger partial charge in [0.2, 0.25) is 0 Å². The Labute approximate surface area is 278 Å². The lowest BCUT2D eigenvalue weighted by molar-refractivity contribution is -0.142. The van der Waals surface area contributed by atoms with Crippen LogP contribution in [-0.4, -0.2) is 125 Å². The number of aliphatic hydroxyl groups is 1. The van der Waals surface area contributed by atoms with Crippen molar-refractivity contribution in [3.63, 3.8) is 0 Å². The SMILES string of the molecule is Bc1cc(C[C@@H](OC(=O)N2CCC(N3CCc4ccccc4NC3=O)CC2)C(=O)N2CCC(N3CCC(C)(O)CC3)CC2)ccc1O. The number of hydrogen-bond donors (Lipinski definition) is 3. The summed E-state index contributed by atoms with van der Waals surface area (Å²) in [7, 11) is 1.81. The largest absolute Gasteiger partial charge is 0.509 e. The molecular weight excluding hydrogens is 597 g/mol. The summed E-state index contributed by atoms with van der Waals surface area (Å²) in [5.41, 5.74) is 2.89. The Hall–Kier alpha value is -3.77. The molecule has 6 rings (SSSR count). The average Bonchev–Trinajstić information content (AvgIpc) is 3.24. The first-order valence-electron chi connectivity index (χ1n) is 17.2. The van der Waals surface area contributed by atoms with E-state index in [2.05, 4.69) is 10.2 Å². The number of urea groups is 1. The number of rotatable bonds is 6. The summed E-state index contributed by atoms with van der Waals surface area (Å²) in [6.07, 6.45) is 3.96. The first-order chi connectivity index (χ1) is 22.6. The number of carbonyl (C=O) groups is 3. The normalized spacial score (nSPS) is 21.8. The van der Waals surface area contributed by atoms with Gasteiger partial charge < -0.3 is 39.9 Å². The van der Waals surface area contributed by atoms with Crippen LogP contribution in [0.1, 0.15) is 56.6 Å². The Kier molecular flexibility index (Phi) is 9.98. The van der Waals surface area contributed by atoms with Crippen LogP contribution in [0, 0.1) is 0 Å². The van der Waals surface area contributed by atoms with E-state index in [0.717, 1.165) is 62.0 Å². The van der Waals surface area contributed by atoms with Gasteiger partial charge in [0.1, 0.15) is 13.6 Å². The highest BCUT2D eigenvalue weighted by Gasteiger charge is 2.37. The maximum absolute atomic E-state index is 13.9. The van der Waals surface area contributed by atoms with Gasteiger partial charge in [-0.3, -0.25) is 4.79 Å². The van der Waals surface area contributed by atoms with Gasteiger partial charge in [-0.1, -0.05) is 30.3 Å². The molecule has 0 aromatic heterocycles. The minimum atomic E-state index is -0.985. The molecule has 252 valence electrons. The summed E-state index contributed by atoms with van der Waals surface area (Å²) in [5, 5.41) is 23.4. The van der Waals surface area contributed by atoms with Crippen molar-refractivity contribution >= 4 is 37.0 Å². The van der Waals surface area contributed by atoms with Crippen LogP contribution in [0.15, 0.2) is 42.5 Å². The number of anilines is 1. The highest BCUT2D eigenvalue weighted by Crippen LogP contribution is 2.28. The van der Waals surface area contributed by atoms with E-state index < -0.39 is 17.8 Å². The molecule has 1 atom stereocenters. The molecule has 0 bridgehead atoms. The Morgan fingerprint density at radius 1 is 0.957 bits per heavy atom. The Bertz CT molecular complexity index is 1450. The number of carbonyl (C=O) groups excluding carboxylic acids is 3. The van der Waals surface area contributed by atoms with Crippen LogP contribution in [0.5, 0.6) is 5.75 Å². The predicted molar refractivity (Wildman–Crippen MR) is 182 cm³/mol. The molecule has 0 radical (unpaired) electrons. The van der Waals surface area contributed by atoms with Gasteiger partial charge in [0.05, 0.1) is 5.60 Å². The minimum absolute atomic E-state index is 0.0121. The fourth-order valence-corrected chi connectivity index (χ4v) is 7.56. The number of para-hydroxylation sites is 1. The maximum atomic E-state index is 13.9. The molecule has 2 aromatic carbocycles. The molecule has 12 heteroatoms. The van der Waals surface area contributed by atoms with Crippen molar-refractivity contribution in [3.8, 4) is 5.75 Å². The van der Waals surface area contributed by atoms with Crippen LogP contribution >= 0.6 is 0 Å². The van der Waals surface area contributed by atoms with E-state index in [9.17, 15) is 24.6 Å². The van der Waals surface area contributed by atoms with Crippen molar-refractivity contribution in [2.24, 2.45) is 0 Å². The van der Waals surface area contributed by atoms with Crippen molar-refractivity contribution in [1.82, 2.24) is 19.6 Å². The lowest BCUT2D eigenvalue weighted by atomic mass is 9.91. The molecule has 0 saturated carbocycles. The predicted octanol–water partition coefficient (Wildman–Crippen LogP) is 2.09. The second-order valence-corrected chi connectivity index (χ2v) is 14.0. The topological polar surface area (TPSA) is 126 Å². The second kappa shape index (κ2) is 14.2. The van der Waals surface area contributed by atoms with E-state index in [1.807, 2.05) is 47.1 Å². The molecule has 0 unspecified atom stereocenters. The first kappa shape index (κ1) is 33.1. The number of nitrogens with one attached hydrogen (secondary N) is 1. The highest BCUT2D eigenvalue weighted by atomic mass is 16.6. The zero-order chi connectivity index (χ0) is 33.1. The molecule has 4 amide bonds. The molecule has 47 heavy (non-hydrogen) atoms. The molecule has 3 N–H and O–H groups in total. The van der Waals surface area contributed by atoms with E-state index in [1.54, 1.807) is 24.9 Å². The van der Waals surface area contributed by atoms with Crippen LogP contribution in [0.2, 0.25) is 0 Å². The number of aromatic hydroxyl groups is 1. The molecule has 2 aromatic rings. The first-order valence-corrected chi connectivity index (χ1v) is 17.2. The monoisotopic (exact) mass is 645 g/mol. The minimum Gasteiger partial charge on any atom is -0.509 e.